The van der Waals surface area contributed by atoms with Crippen molar-refractivity contribution in [3.8, 4) is 0 Å². The Kier molecular flexibility index (Phi) is 6.16. The van der Waals surface area contributed by atoms with Crippen LogP contribution in [-0.4, -0.2) is 37.9 Å². The lowest BCUT2D eigenvalue weighted by atomic mass is 10.1. The minimum Gasteiger partial charge on any atom is -0.370 e. The molecule has 29 heavy (non-hydrogen) atoms. The molecule has 9 heteroatoms. The number of carbonyl (C=O) groups is 1. The van der Waals surface area contributed by atoms with E-state index in [0.717, 1.165) is 12.2 Å². The van der Waals surface area contributed by atoms with Gasteiger partial charge in [-0.05, 0) is 51.5 Å². The SMILES string of the molecule is CC(C)(C)NS(=O)(=O)c1ccc(NC(=O)C2CCN(c3ccccc3Cl)C2)nc1. The Morgan fingerprint density at radius 3 is 2.55 bits per heavy atom. The minimum atomic E-state index is -3.67. The number of anilines is 2. The van der Waals surface area contributed by atoms with E-state index in [9.17, 15) is 13.2 Å². The maximum Gasteiger partial charge on any atom is 0.242 e. The molecule has 3 rings (SSSR count). The second kappa shape index (κ2) is 8.30. The number of aromatic nitrogens is 1. The molecule has 156 valence electrons. The lowest BCUT2D eigenvalue weighted by Crippen LogP contribution is -2.40. The van der Waals surface area contributed by atoms with Gasteiger partial charge < -0.3 is 10.2 Å². The number of halogens is 1. The van der Waals surface area contributed by atoms with Crippen molar-refractivity contribution in [1.82, 2.24) is 9.71 Å². The maximum atomic E-state index is 12.6. The quantitative estimate of drug-likeness (QED) is 0.750. The monoisotopic (exact) mass is 436 g/mol. The molecule has 0 saturated carbocycles. The normalized spacial score (nSPS) is 17.4. The average Bonchev–Trinajstić information content (AvgIpc) is 3.10. The van der Waals surface area contributed by atoms with Crippen LogP contribution in [0.25, 0.3) is 0 Å². The molecule has 1 aliphatic heterocycles. The fourth-order valence-electron chi connectivity index (χ4n) is 3.20. The number of para-hydroxylation sites is 1. The number of sulfonamides is 1. The summed E-state index contributed by atoms with van der Waals surface area (Å²) in [7, 11) is -3.67. The molecule has 1 atom stereocenters. The van der Waals surface area contributed by atoms with E-state index in [1.54, 1.807) is 20.8 Å². The molecule has 7 nitrogen and oxygen atoms in total. The number of hydrogen-bond donors (Lipinski definition) is 2. The zero-order chi connectivity index (χ0) is 21.2. The van der Waals surface area contributed by atoms with E-state index < -0.39 is 15.6 Å². The average molecular weight is 437 g/mol. The summed E-state index contributed by atoms with van der Waals surface area (Å²) in [5, 5.41) is 3.44. The summed E-state index contributed by atoms with van der Waals surface area (Å²) in [6.07, 6.45) is 1.95. The second-order valence-corrected chi connectivity index (χ2v) is 10.2. The van der Waals surface area contributed by atoms with E-state index in [1.165, 1.54) is 18.3 Å². The molecule has 1 unspecified atom stereocenters. The van der Waals surface area contributed by atoms with Gasteiger partial charge in [0.25, 0.3) is 0 Å². The van der Waals surface area contributed by atoms with Crippen LogP contribution in [0.2, 0.25) is 5.02 Å². The molecular formula is C20H25ClN4O3S. The zero-order valence-electron chi connectivity index (χ0n) is 16.6. The molecular weight excluding hydrogens is 412 g/mol. The molecule has 1 fully saturated rings. The van der Waals surface area contributed by atoms with Crippen LogP contribution in [0.5, 0.6) is 0 Å². The van der Waals surface area contributed by atoms with E-state index in [4.69, 9.17) is 11.6 Å². The maximum absolute atomic E-state index is 12.6. The van der Waals surface area contributed by atoms with Gasteiger partial charge in [0.2, 0.25) is 15.9 Å². The lowest BCUT2D eigenvalue weighted by molar-refractivity contribution is -0.119. The van der Waals surface area contributed by atoms with Crippen molar-refractivity contribution in [1.29, 1.82) is 0 Å². The molecule has 0 aliphatic carbocycles. The van der Waals surface area contributed by atoms with E-state index in [2.05, 4.69) is 19.9 Å². The molecule has 1 saturated heterocycles. The van der Waals surface area contributed by atoms with Gasteiger partial charge in [-0.3, -0.25) is 4.79 Å². The smallest absolute Gasteiger partial charge is 0.242 e. The highest BCUT2D eigenvalue weighted by Crippen LogP contribution is 2.30. The van der Waals surface area contributed by atoms with Crippen LogP contribution < -0.4 is 14.9 Å². The van der Waals surface area contributed by atoms with Gasteiger partial charge in [-0.15, -0.1) is 0 Å². The Labute approximate surface area is 176 Å². The van der Waals surface area contributed by atoms with Gasteiger partial charge in [-0.2, -0.15) is 0 Å². The molecule has 0 bridgehead atoms. The first kappa shape index (κ1) is 21.5. The minimum absolute atomic E-state index is 0.0520. The Morgan fingerprint density at radius 2 is 1.93 bits per heavy atom. The Balaban J connectivity index is 1.62. The number of nitrogens with one attached hydrogen (secondary N) is 2. The van der Waals surface area contributed by atoms with Gasteiger partial charge in [-0.25, -0.2) is 18.1 Å². The molecule has 1 aromatic heterocycles. The van der Waals surface area contributed by atoms with E-state index >= 15 is 0 Å². The highest BCUT2D eigenvalue weighted by molar-refractivity contribution is 7.89. The topological polar surface area (TPSA) is 91.4 Å². The largest absolute Gasteiger partial charge is 0.370 e. The fraction of sp³-hybridized carbons (Fsp3) is 0.400. The van der Waals surface area contributed by atoms with Crippen LogP contribution in [0.3, 0.4) is 0 Å². The highest BCUT2D eigenvalue weighted by Gasteiger charge is 2.29. The molecule has 1 amide bonds. The number of pyridine rings is 1. The van der Waals surface area contributed by atoms with E-state index in [1.807, 2.05) is 24.3 Å². The standard InChI is InChI=1S/C20H25ClN4O3S/c1-20(2,3)24-29(27,28)15-8-9-18(22-12-15)23-19(26)14-10-11-25(13-14)17-7-5-4-6-16(17)21/h4-9,12,14,24H,10-11,13H2,1-3H3,(H,22,23,26). The van der Waals surface area contributed by atoms with Gasteiger partial charge in [0.15, 0.2) is 0 Å². The second-order valence-electron chi connectivity index (χ2n) is 8.11. The van der Waals surface area contributed by atoms with Crippen LogP contribution in [0, 0.1) is 5.92 Å². The molecule has 2 heterocycles. The third-order valence-corrected chi connectivity index (χ3v) is 6.55. The third kappa shape index (κ3) is 5.46. The van der Waals surface area contributed by atoms with Gasteiger partial charge in [-0.1, -0.05) is 23.7 Å². The van der Waals surface area contributed by atoms with Crippen molar-refractivity contribution < 1.29 is 13.2 Å². The third-order valence-electron chi connectivity index (χ3n) is 4.49. The Hall–Kier alpha value is -2.16. The van der Waals surface area contributed by atoms with Crippen molar-refractivity contribution in [2.75, 3.05) is 23.3 Å². The summed E-state index contributed by atoms with van der Waals surface area (Å²) >= 11 is 6.25. The molecule has 0 radical (unpaired) electrons. The number of amides is 1. The zero-order valence-corrected chi connectivity index (χ0v) is 18.2. The number of carbonyl (C=O) groups excluding carboxylic acids is 1. The Bertz CT molecular complexity index is 988. The van der Waals surface area contributed by atoms with Crippen LogP contribution in [0.1, 0.15) is 27.2 Å². The van der Waals surface area contributed by atoms with Crippen LogP contribution in [0.15, 0.2) is 47.5 Å². The summed E-state index contributed by atoms with van der Waals surface area (Å²) in [5.74, 6) is -0.0181. The predicted molar refractivity (Wildman–Crippen MR) is 115 cm³/mol. The van der Waals surface area contributed by atoms with Crippen LogP contribution in [0.4, 0.5) is 11.5 Å². The molecule has 2 N–H and O–H groups in total. The van der Waals surface area contributed by atoms with E-state index in [0.29, 0.717) is 23.8 Å². The van der Waals surface area contributed by atoms with E-state index in [-0.39, 0.29) is 16.7 Å². The van der Waals surface area contributed by atoms with Crippen LogP contribution >= 0.6 is 11.6 Å². The first-order chi connectivity index (χ1) is 13.5. The number of nitrogens with zero attached hydrogens (tertiary/aromatic N) is 2. The van der Waals surface area contributed by atoms with Crippen molar-refractivity contribution in [2.45, 2.75) is 37.6 Å². The van der Waals surface area contributed by atoms with Gasteiger partial charge >= 0.3 is 0 Å². The highest BCUT2D eigenvalue weighted by atomic mass is 35.5. The van der Waals surface area contributed by atoms with Crippen molar-refractivity contribution >= 4 is 39.0 Å². The van der Waals surface area contributed by atoms with Gasteiger partial charge in [0, 0.05) is 24.8 Å². The number of rotatable bonds is 5. The van der Waals surface area contributed by atoms with Crippen LogP contribution in [-0.2, 0) is 14.8 Å². The summed E-state index contributed by atoms with van der Waals surface area (Å²) in [4.78, 5) is 18.8. The summed E-state index contributed by atoms with van der Waals surface area (Å²) in [5.41, 5.74) is 0.324. The number of hydrogen-bond acceptors (Lipinski definition) is 5. The molecule has 1 aliphatic rings. The first-order valence-corrected chi connectivity index (χ1v) is 11.2. The van der Waals surface area contributed by atoms with Crippen molar-refractivity contribution in [3.05, 3.63) is 47.6 Å². The van der Waals surface area contributed by atoms with Crippen molar-refractivity contribution in [3.63, 3.8) is 0 Å². The number of benzene rings is 1. The van der Waals surface area contributed by atoms with Gasteiger partial charge in [0.1, 0.15) is 10.7 Å². The fourth-order valence-corrected chi connectivity index (χ4v) is 4.82. The Morgan fingerprint density at radius 1 is 1.21 bits per heavy atom. The van der Waals surface area contributed by atoms with Crippen molar-refractivity contribution in [2.24, 2.45) is 5.92 Å². The summed E-state index contributed by atoms with van der Waals surface area (Å²) in [6, 6.07) is 10.5. The first-order valence-electron chi connectivity index (χ1n) is 9.35. The predicted octanol–water partition coefficient (Wildman–Crippen LogP) is 3.28. The summed E-state index contributed by atoms with van der Waals surface area (Å²) in [6.45, 7) is 6.60. The molecule has 1 aromatic carbocycles. The lowest BCUT2D eigenvalue weighted by Gasteiger charge is -2.20. The van der Waals surface area contributed by atoms with Gasteiger partial charge in [0.05, 0.1) is 16.6 Å². The molecule has 0 spiro atoms. The summed E-state index contributed by atoms with van der Waals surface area (Å²) < 4.78 is 27.2. The molecule has 2 aromatic rings.